The minimum absolute atomic E-state index is 0.00105. The van der Waals surface area contributed by atoms with Gasteiger partial charge >= 0.3 is 5.97 Å². The molecule has 3 heteroatoms. The third kappa shape index (κ3) is 2.72. The molecule has 20 heavy (non-hydrogen) atoms. The Hall–Kier alpha value is -1.77. The summed E-state index contributed by atoms with van der Waals surface area (Å²) in [6, 6.07) is 2.03. The Morgan fingerprint density at radius 1 is 1.40 bits per heavy atom. The maximum absolute atomic E-state index is 10.9. The Morgan fingerprint density at radius 2 is 2.05 bits per heavy atom. The first-order valence-electron chi connectivity index (χ1n) is 6.95. The minimum atomic E-state index is -0.762. The largest absolute Gasteiger partial charge is 0.483 e. The average Bonchev–Trinajstić information content (AvgIpc) is 2.25. The van der Waals surface area contributed by atoms with Crippen molar-refractivity contribution in [3.8, 4) is 5.75 Å². The highest BCUT2D eigenvalue weighted by Gasteiger charge is 2.25. The van der Waals surface area contributed by atoms with E-state index in [1.54, 1.807) is 0 Å². The van der Waals surface area contributed by atoms with Crippen LogP contribution < -0.4 is 4.74 Å². The zero-order valence-corrected chi connectivity index (χ0v) is 12.8. The summed E-state index contributed by atoms with van der Waals surface area (Å²) < 4.78 is 5.99. The van der Waals surface area contributed by atoms with Crippen molar-refractivity contribution in [1.29, 1.82) is 0 Å². The van der Waals surface area contributed by atoms with Crippen molar-refractivity contribution in [2.75, 3.05) is 0 Å². The normalized spacial score (nSPS) is 17.2. The van der Waals surface area contributed by atoms with E-state index in [0.717, 1.165) is 28.0 Å². The standard InChI is InChI=1S/C17H22O3/c1-10-8-14-13(6-7-17(4,5)20-14)12(3)16(10)11(2)9-15(18)19/h6-8,11H,9H2,1-5H3,(H,18,19). The Bertz CT molecular complexity index is 582. The second-order valence-corrected chi connectivity index (χ2v) is 6.18. The number of benzene rings is 1. The highest BCUT2D eigenvalue weighted by molar-refractivity contribution is 5.70. The van der Waals surface area contributed by atoms with Gasteiger partial charge in [0.15, 0.2) is 0 Å². The molecule has 2 rings (SSSR count). The van der Waals surface area contributed by atoms with Crippen molar-refractivity contribution < 1.29 is 14.6 Å². The molecule has 0 amide bonds. The number of hydrogen-bond acceptors (Lipinski definition) is 2. The predicted molar refractivity (Wildman–Crippen MR) is 80.3 cm³/mol. The number of carbonyl (C=O) groups is 1. The van der Waals surface area contributed by atoms with Gasteiger partial charge in [-0.3, -0.25) is 4.79 Å². The molecule has 1 aromatic rings. The van der Waals surface area contributed by atoms with Crippen molar-refractivity contribution >= 4 is 12.0 Å². The van der Waals surface area contributed by atoms with Crippen LogP contribution in [0.5, 0.6) is 5.75 Å². The fourth-order valence-electron chi connectivity index (χ4n) is 2.99. The molecule has 0 aliphatic carbocycles. The molecule has 1 N–H and O–H groups in total. The van der Waals surface area contributed by atoms with Crippen LogP contribution in [0.4, 0.5) is 0 Å². The Morgan fingerprint density at radius 3 is 2.65 bits per heavy atom. The summed E-state index contributed by atoms with van der Waals surface area (Å²) in [7, 11) is 0. The number of hydrogen-bond donors (Lipinski definition) is 1. The summed E-state index contributed by atoms with van der Waals surface area (Å²) in [5, 5.41) is 9.00. The van der Waals surface area contributed by atoms with Gasteiger partial charge in [0.2, 0.25) is 0 Å². The Balaban J connectivity index is 2.50. The lowest BCUT2D eigenvalue weighted by Gasteiger charge is -2.30. The summed E-state index contributed by atoms with van der Waals surface area (Å²) >= 11 is 0. The number of rotatable bonds is 3. The molecule has 0 aromatic heterocycles. The Kier molecular flexibility index (Phi) is 3.63. The van der Waals surface area contributed by atoms with Gasteiger partial charge in [-0.15, -0.1) is 0 Å². The molecule has 3 nitrogen and oxygen atoms in total. The Labute approximate surface area is 120 Å². The lowest BCUT2D eigenvalue weighted by atomic mass is 9.85. The van der Waals surface area contributed by atoms with Crippen molar-refractivity contribution in [3.05, 3.63) is 34.4 Å². The SMILES string of the molecule is Cc1cc2c(c(C)c1C(C)CC(=O)O)C=CC(C)(C)O2. The maximum Gasteiger partial charge on any atom is 0.303 e. The molecule has 0 fully saturated rings. The molecular weight excluding hydrogens is 252 g/mol. The molecule has 1 aliphatic rings. The number of carboxylic acid groups (broad SMARTS) is 1. The van der Waals surface area contributed by atoms with Crippen LogP contribution in [0.3, 0.4) is 0 Å². The summed E-state index contributed by atoms with van der Waals surface area (Å²) in [4.78, 5) is 10.9. The van der Waals surface area contributed by atoms with E-state index in [1.807, 2.05) is 46.8 Å². The number of fused-ring (bicyclic) bond motifs is 1. The third-order valence-corrected chi connectivity index (χ3v) is 3.84. The van der Waals surface area contributed by atoms with E-state index in [-0.39, 0.29) is 17.9 Å². The molecule has 108 valence electrons. The second kappa shape index (κ2) is 4.97. The zero-order chi connectivity index (χ0) is 15.1. The van der Waals surface area contributed by atoms with Crippen molar-refractivity contribution in [2.45, 2.75) is 52.6 Å². The fraction of sp³-hybridized carbons (Fsp3) is 0.471. The molecule has 1 aliphatic heterocycles. The van der Waals surface area contributed by atoms with E-state index in [4.69, 9.17) is 9.84 Å². The third-order valence-electron chi connectivity index (χ3n) is 3.84. The predicted octanol–water partition coefficient (Wildman–Crippen LogP) is 4.07. The van der Waals surface area contributed by atoms with E-state index in [9.17, 15) is 4.79 Å². The van der Waals surface area contributed by atoms with E-state index in [0.29, 0.717) is 0 Å². The molecule has 0 saturated heterocycles. The zero-order valence-electron chi connectivity index (χ0n) is 12.8. The van der Waals surface area contributed by atoms with Gasteiger partial charge in [-0.1, -0.05) is 13.0 Å². The molecule has 0 spiro atoms. The van der Waals surface area contributed by atoms with Crippen LogP contribution in [0.2, 0.25) is 0 Å². The van der Waals surface area contributed by atoms with Gasteiger partial charge in [0.05, 0.1) is 6.42 Å². The molecule has 0 saturated carbocycles. The van der Waals surface area contributed by atoms with Gasteiger partial charge in [-0.05, 0) is 62.4 Å². The summed E-state index contributed by atoms with van der Waals surface area (Å²) in [5.74, 6) is 0.127. The molecule has 1 unspecified atom stereocenters. The van der Waals surface area contributed by atoms with Crippen LogP contribution in [-0.2, 0) is 4.79 Å². The van der Waals surface area contributed by atoms with Gasteiger partial charge in [-0.25, -0.2) is 0 Å². The molecule has 1 heterocycles. The topological polar surface area (TPSA) is 46.5 Å². The van der Waals surface area contributed by atoms with Crippen LogP contribution >= 0.6 is 0 Å². The van der Waals surface area contributed by atoms with Crippen LogP contribution in [0.25, 0.3) is 6.08 Å². The van der Waals surface area contributed by atoms with Crippen LogP contribution in [0, 0.1) is 13.8 Å². The van der Waals surface area contributed by atoms with E-state index >= 15 is 0 Å². The molecular formula is C17H22O3. The number of aliphatic carboxylic acids is 1. The molecule has 1 atom stereocenters. The van der Waals surface area contributed by atoms with Crippen LogP contribution in [0.15, 0.2) is 12.1 Å². The van der Waals surface area contributed by atoms with Crippen LogP contribution in [0.1, 0.15) is 55.4 Å². The van der Waals surface area contributed by atoms with Crippen molar-refractivity contribution in [1.82, 2.24) is 0 Å². The van der Waals surface area contributed by atoms with Crippen LogP contribution in [-0.4, -0.2) is 16.7 Å². The smallest absolute Gasteiger partial charge is 0.303 e. The van der Waals surface area contributed by atoms with Gasteiger partial charge in [0, 0.05) is 5.56 Å². The van der Waals surface area contributed by atoms with Gasteiger partial charge in [0.1, 0.15) is 11.4 Å². The van der Waals surface area contributed by atoms with Gasteiger partial charge in [-0.2, -0.15) is 0 Å². The van der Waals surface area contributed by atoms with E-state index in [1.165, 1.54) is 0 Å². The van der Waals surface area contributed by atoms with Gasteiger partial charge in [0.25, 0.3) is 0 Å². The summed E-state index contributed by atoms with van der Waals surface area (Å²) in [6.45, 7) is 10.1. The van der Waals surface area contributed by atoms with Crippen molar-refractivity contribution in [3.63, 3.8) is 0 Å². The number of aryl methyl sites for hydroxylation is 1. The van der Waals surface area contributed by atoms with Crippen molar-refractivity contribution in [2.24, 2.45) is 0 Å². The lowest BCUT2D eigenvalue weighted by molar-refractivity contribution is -0.137. The monoisotopic (exact) mass is 274 g/mol. The molecule has 1 aromatic carbocycles. The average molecular weight is 274 g/mol. The maximum atomic E-state index is 10.9. The first-order chi connectivity index (χ1) is 9.21. The molecule has 0 radical (unpaired) electrons. The molecule has 0 bridgehead atoms. The summed E-state index contributed by atoms with van der Waals surface area (Å²) in [6.07, 6.45) is 4.28. The van der Waals surface area contributed by atoms with Gasteiger partial charge < -0.3 is 9.84 Å². The fourth-order valence-corrected chi connectivity index (χ4v) is 2.99. The van der Waals surface area contributed by atoms with E-state index in [2.05, 4.69) is 6.08 Å². The lowest BCUT2D eigenvalue weighted by Crippen LogP contribution is -2.28. The number of ether oxygens (including phenoxy) is 1. The summed E-state index contributed by atoms with van der Waals surface area (Å²) in [5.41, 5.74) is 4.13. The first kappa shape index (κ1) is 14.6. The number of carboxylic acids is 1. The minimum Gasteiger partial charge on any atom is -0.483 e. The highest BCUT2D eigenvalue weighted by atomic mass is 16.5. The quantitative estimate of drug-likeness (QED) is 0.904. The second-order valence-electron chi connectivity index (χ2n) is 6.18. The first-order valence-corrected chi connectivity index (χ1v) is 6.95. The highest BCUT2D eigenvalue weighted by Crippen LogP contribution is 2.39. The van der Waals surface area contributed by atoms with E-state index < -0.39 is 5.97 Å².